The van der Waals surface area contributed by atoms with Crippen LogP contribution < -0.4 is 10.7 Å². The molecule has 2 aromatic rings. The monoisotopic (exact) mass is 673 g/mol. The van der Waals surface area contributed by atoms with Crippen LogP contribution >= 0.6 is 63.7 Å². The SMILES string of the molecule is CNc1ccc(-c2c3cc(Br)c(=O)c(Br)c-3oc3c(Br)c(O)c(Br)cc23)c(C(=O)O)c1. The molecular weight excluding hydrogens is 666 g/mol. The van der Waals surface area contributed by atoms with E-state index in [1.165, 1.54) is 6.07 Å². The van der Waals surface area contributed by atoms with Crippen molar-refractivity contribution in [3.05, 3.63) is 64.0 Å². The lowest BCUT2D eigenvalue weighted by Crippen LogP contribution is -2.08. The van der Waals surface area contributed by atoms with Gasteiger partial charge in [0.2, 0.25) is 5.43 Å². The summed E-state index contributed by atoms with van der Waals surface area (Å²) in [6, 6.07) is 8.26. The van der Waals surface area contributed by atoms with Gasteiger partial charge in [-0.05, 0) is 93.5 Å². The van der Waals surface area contributed by atoms with Gasteiger partial charge in [-0.2, -0.15) is 0 Å². The number of anilines is 1. The van der Waals surface area contributed by atoms with Gasteiger partial charge in [-0.3, -0.25) is 4.79 Å². The number of phenols is 1. The van der Waals surface area contributed by atoms with Crippen LogP contribution in [0.4, 0.5) is 5.69 Å². The van der Waals surface area contributed by atoms with E-state index in [1.54, 1.807) is 31.3 Å². The van der Waals surface area contributed by atoms with Crippen LogP contribution in [0.1, 0.15) is 10.4 Å². The van der Waals surface area contributed by atoms with Gasteiger partial charge in [0.15, 0.2) is 11.3 Å². The van der Waals surface area contributed by atoms with E-state index in [9.17, 15) is 19.8 Å². The number of carboxylic acid groups (broad SMARTS) is 1. The summed E-state index contributed by atoms with van der Waals surface area (Å²) in [5.74, 6) is -0.960. The maximum Gasteiger partial charge on any atom is 0.336 e. The van der Waals surface area contributed by atoms with Crippen molar-refractivity contribution in [2.75, 3.05) is 12.4 Å². The fourth-order valence-corrected chi connectivity index (χ4v) is 5.78. The molecule has 0 fully saturated rings. The van der Waals surface area contributed by atoms with E-state index in [0.717, 1.165) is 0 Å². The smallest absolute Gasteiger partial charge is 0.336 e. The fourth-order valence-electron chi connectivity index (χ4n) is 3.38. The van der Waals surface area contributed by atoms with Crippen molar-refractivity contribution in [2.45, 2.75) is 0 Å². The highest BCUT2D eigenvalue weighted by molar-refractivity contribution is 9.11. The molecule has 10 heteroatoms. The third kappa shape index (κ3) is 3.59. The first kappa shape index (κ1) is 22.3. The van der Waals surface area contributed by atoms with Crippen molar-refractivity contribution in [2.24, 2.45) is 0 Å². The molecule has 2 aliphatic rings. The van der Waals surface area contributed by atoms with Crippen molar-refractivity contribution in [3.63, 3.8) is 0 Å². The summed E-state index contributed by atoms with van der Waals surface area (Å²) in [4.78, 5) is 24.6. The molecule has 2 aromatic carbocycles. The van der Waals surface area contributed by atoms with Gasteiger partial charge in [0.05, 0.1) is 14.5 Å². The fraction of sp³-hybridized carbons (Fsp3) is 0.0476. The predicted molar refractivity (Wildman–Crippen MR) is 134 cm³/mol. The number of rotatable bonds is 3. The summed E-state index contributed by atoms with van der Waals surface area (Å²) in [6.07, 6.45) is 0. The number of phenolic OH excluding ortho intramolecular Hbond substituents is 1. The summed E-state index contributed by atoms with van der Waals surface area (Å²) in [7, 11) is 1.70. The predicted octanol–water partition coefficient (Wildman–Crippen LogP) is 7.06. The number of benzene rings is 3. The van der Waals surface area contributed by atoms with Crippen LogP contribution in [-0.2, 0) is 0 Å². The Morgan fingerprint density at radius 2 is 1.71 bits per heavy atom. The number of carboxylic acids is 1. The molecule has 0 aromatic heterocycles. The van der Waals surface area contributed by atoms with Crippen molar-refractivity contribution in [1.29, 1.82) is 0 Å². The van der Waals surface area contributed by atoms with Crippen LogP contribution in [0, 0.1) is 0 Å². The van der Waals surface area contributed by atoms with Gasteiger partial charge in [0, 0.05) is 29.2 Å². The van der Waals surface area contributed by atoms with Gasteiger partial charge in [-0.25, -0.2) is 4.79 Å². The average molecular weight is 677 g/mol. The zero-order valence-electron chi connectivity index (χ0n) is 15.5. The minimum atomic E-state index is -1.11. The molecule has 1 heterocycles. The first-order valence-corrected chi connectivity index (χ1v) is 11.8. The number of hydrogen-bond acceptors (Lipinski definition) is 5. The summed E-state index contributed by atoms with van der Waals surface area (Å²) in [6.45, 7) is 0. The van der Waals surface area contributed by atoms with E-state index in [0.29, 0.717) is 36.7 Å². The zero-order valence-corrected chi connectivity index (χ0v) is 21.9. The quantitative estimate of drug-likeness (QED) is 0.201. The molecule has 6 nitrogen and oxygen atoms in total. The second-order valence-electron chi connectivity index (χ2n) is 6.57. The van der Waals surface area contributed by atoms with E-state index in [-0.39, 0.29) is 37.0 Å². The van der Waals surface area contributed by atoms with Gasteiger partial charge in [-0.1, -0.05) is 6.07 Å². The molecule has 0 radical (unpaired) electrons. The van der Waals surface area contributed by atoms with Gasteiger partial charge < -0.3 is 19.9 Å². The van der Waals surface area contributed by atoms with Crippen LogP contribution in [-0.4, -0.2) is 23.2 Å². The molecule has 0 spiro atoms. The topological polar surface area (TPSA) is 99.8 Å². The summed E-state index contributed by atoms with van der Waals surface area (Å²) in [5, 5.41) is 23.8. The lowest BCUT2D eigenvalue weighted by molar-refractivity contribution is 0.0698. The molecule has 0 bridgehead atoms. The average Bonchev–Trinajstić information content (AvgIpc) is 2.75. The lowest BCUT2D eigenvalue weighted by atomic mass is 9.90. The Bertz CT molecular complexity index is 1430. The maximum absolute atomic E-state index is 12.5. The summed E-state index contributed by atoms with van der Waals surface area (Å²) < 4.78 is 7.17. The second-order valence-corrected chi connectivity index (χ2v) is 9.86. The standard InChI is InChI=1S/C21H11Br4NO5/c1-26-7-2-3-8(9(4-7)21(29)30)14-10-5-12(22)17(27)15(24)19(10)31-20-11(14)6-13(23)18(28)16(20)25/h2-6,26-27H,1H3,(H,29,30). The van der Waals surface area contributed by atoms with Crippen molar-refractivity contribution in [1.82, 2.24) is 0 Å². The Kier molecular flexibility index (Phi) is 5.93. The van der Waals surface area contributed by atoms with E-state index < -0.39 is 5.97 Å². The highest BCUT2D eigenvalue weighted by Crippen LogP contribution is 2.49. The van der Waals surface area contributed by atoms with Crippen LogP contribution in [0.2, 0.25) is 0 Å². The third-order valence-electron chi connectivity index (χ3n) is 4.83. The molecule has 31 heavy (non-hydrogen) atoms. The molecule has 0 amide bonds. The molecule has 1 aliphatic heterocycles. The molecule has 0 saturated carbocycles. The zero-order chi connectivity index (χ0) is 22.6. The van der Waals surface area contributed by atoms with Crippen molar-refractivity contribution >= 4 is 86.3 Å². The van der Waals surface area contributed by atoms with E-state index in [1.807, 2.05) is 0 Å². The molecule has 0 atom stereocenters. The summed E-state index contributed by atoms with van der Waals surface area (Å²) >= 11 is 13.3. The van der Waals surface area contributed by atoms with Gasteiger partial charge in [-0.15, -0.1) is 0 Å². The van der Waals surface area contributed by atoms with Gasteiger partial charge in [0.25, 0.3) is 0 Å². The second kappa shape index (κ2) is 8.23. The van der Waals surface area contributed by atoms with Gasteiger partial charge in [0.1, 0.15) is 14.7 Å². The van der Waals surface area contributed by atoms with Gasteiger partial charge >= 0.3 is 5.97 Å². The number of fused-ring (bicyclic) bond motifs is 2. The molecule has 0 unspecified atom stereocenters. The first-order chi connectivity index (χ1) is 14.6. The Hall–Kier alpha value is -1.88. The largest absolute Gasteiger partial charge is 0.505 e. The van der Waals surface area contributed by atoms with E-state index in [2.05, 4.69) is 69.0 Å². The Morgan fingerprint density at radius 1 is 1.00 bits per heavy atom. The number of aromatic carboxylic acids is 1. The molecular formula is C21H11Br4NO5. The molecule has 0 saturated heterocycles. The minimum absolute atomic E-state index is 0.0689. The lowest BCUT2D eigenvalue weighted by Gasteiger charge is -2.19. The molecule has 4 rings (SSSR count). The van der Waals surface area contributed by atoms with Crippen molar-refractivity contribution in [3.8, 4) is 28.2 Å². The maximum atomic E-state index is 12.5. The number of nitrogens with one attached hydrogen (secondary N) is 1. The number of halogens is 4. The van der Waals surface area contributed by atoms with E-state index >= 15 is 0 Å². The Balaban J connectivity index is 2.31. The Morgan fingerprint density at radius 3 is 2.35 bits per heavy atom. The van der Waals surface area contributed by atoms with E-state index in [4.69, 9.17) is 4.42 Å². The van der Waals surface area contributed by atoms with Crippen LogP contribution in [0.3, 0.4) is 0 Å². The Labute approximate surface area is 209 Å². The molecule has 1 aliphatic carbocycles. The van der Waals surface area contributed by atoms with Crippen LogP contribution in [0.5, 0.6) is 5.75 Å². The molecule has 3 N–H and O–H groups in total. The molecule has 158 valence electrons. The minimum Gasteiger partial charge on any atom is -0.505 e. The van der Waals surface area contributed by atoms with Crippen LogP contribution in [0.25, 0.3) is 33.4 Å². The normalized spacial score (nSPS) is 11.3. The summed E-state index contributed by atoms with van der Waals surface area (Å²) in [5.41, 5.74) is 2.15. The highest BCUT2D eigenvalue weighted by atomic mass is 79.9. The first-order valence-electron chi connectivity index (χ1n) is 8.66. The van der Waals surface area contributed by atoms with Crippen LogP contribution in [0.15, 0.2) is 57.4 Å². The number of carbonyl (C=O) groups is 1. The highest BCUT2D eigenvalue weighted by Gasteiger charge is 2.27. The van der Waals surface area contributed by atoms with Crippen molar-refractivity contribution < 1.29 is 19.4 Å². The number of hydrogen-bond donors (Lipinski definition) is 3. The number of aromatic hydroxyl groups is 1. The third-order valence-corrected chi connectivity index (χ3v) is 7.48.